The van der Waals surface area contributed by atoms with Crippen molar-refractivity contribution in [2.24, 2.45) is 0 Å². The predicted octanol–water partition coefficient (Wildman–Crippen LogP) is 2.92. The van der Waals surface area contributed by atoms with Crippen LogP contribution >= 0.6 is 0 Å². The molecule has 1 heterocycles. The van der Waals surface area contributed by atoms with Crippen molar-refractivity contribution in [2.75, 3.05) is 37.4 Å². The molecule has 21 heavy (non-hydrogen) atoms. The molecule has 0 aliphatic rings. The van der Waals surface area contributed by atoms with Crippen LogP contribution in [-0.2, 0) is 4.74 Å². The minimum Gasteiger partial charge on any atom is -0.490 e. The quantitative estimate of drug-likeness (QED) is 0.612. The maximum Gasteiger partial charge on any atom is 0.204 e. The molecule has 1 rings (SSSR count). The first-order chi connectivity index (χ1) is 10.2. The van der Waals surface area contributed by atoms with Gasteiger partial charge in [0, 0.05) is 19.7 Å². The maximum absolute atomic E-state index is 5.51. The van der Waals surface area contributed by atoms with Crippen LogP contribution in [0.15, 0.2) is 6.33 Å². The monoisotopic (exact) mass is 296 g/mol. The van der Waals surface area contributed by atoms with E-state index in [4.69, 9.17) is 9.47 Å². The van der Waals surface area contributed by atoms with Crippen LogP contribution < -0.4 is 15.4 Å². The van der Waals surface area contributed by atoms with Gasteiger partial charge < -0.3 is 20.1 Å². The molecule has 0 unspecified atom stereocenters. The molecule has 0 amide bonds. The molecule has 0 saturated carbocycles. The smallest absolute Gasteiger partial charge is 0.204 e. The molecule has 0 fully saturated rings. The Labute approximate surface area is 127 Å². The van der Waals surface area contributed by atoms with Crippen molar-refractivity contribution in [1.82, 2.24) is 9.97 Å². The first-order valence-corrected chi connectivity index (χ1v) is 7.67. The molecular formula is C15H28N4O2. The summed E-state index contributed by atoms with van der Waals surface area (Å²) in [4.78, 5) is 8.46. The molecule has 120 valence electrons. The van der Waals surface area contributed by atoms with Crippen LogP contribution in [0.1, 0.15) is 40.0 Å². The van der Waals surface area contributed by atoms with Crippen LogP contribution in [0.2, 0.25) is 0 Å². The Balaban J connectivity index is 2.43. The van der Waals surface area contributed by atoms with Gasteiger partial charge in [-0.05, 0) is 33.1 Å². The van der Waals surface area contributed by atoms with Gasteiger partial charge in [0.1, 0.15) is 6.33 Å². The number of rotatable bonds is 11. The molecule has 0 atom stereocenters. The molecule has 0 saturated heterocycles. The molecule has 0 aliphatic heterocycles. The van der Waals surface area contributed by atoms with Gasteiger partial charge in [0.2, 0.25) is 5.75 Å². The standard InChI is InChI=1S/C15H28N4O2/c1-5-8-16-14-13(20-4)15(19-11-18-14)17-9-6-7-10-21-12(2)3/h11-12H,5-10H2,1-4H3,(H2,16,17,18,19). The summed E-state index contributed by atoms with van der Waals surface area (Å²) in [6.07, 6.45) is 4.93. The number of nitrogens with one attached hydrogen (secondary N) is 2. The highest BCUT2D eigenvalue weighted by atomic mass is 16.5. The second-order valence-electron chi connectivity index (χ2n) is 5.08. The second kappa shape index (κ2) is 10.2. The van der Waals surface area contributed by atoms with Crippen molar-refractivity contribution in [3.63, 3.8) is 0 Å². The van der Waals surface area contributed by atoms with E-state index in [1.165, 1.54) is 0 Å². The number of methoxy groups -OCH3 is 1. The van der Waals surface area contributed by atoms with Crippen LogP contribution in [0.4, 0.5) is 11.6 Å². The number of unbranched alkanes of at least 4 members (excludes halogenated alkanes) is 1. The molecule has 1 aromatic rings. The molecular weight excluding hydrogens is 268 g/mol. The van der Waals surface area contributed by atoms with Crippen LogP contribution in [0.3, 0.4) is 0 Å². The van der Waals surface area contributed by atoms with E-state index < -0.39 is 0 Å². The zero-order valence-electron chi connectivity index (χ0n) is 13.6. The largest absolute Gasteiger partial charge is 0.490 e. The van der Waals surface area contributed by atoms with E-state index in [-0.39, 0.29) is 0 Å². The lowest BCUT2D eigenvalue weighted by molar-refractivity contribution is 0.0765. The van der Waals surface area contributed by atoms with E-state index in [0.717, 1.165) is 50.6 Å². The summed E-state index contributed by atoms with van der Waals surface area (Å²) in [5.74, 6) is 2.14. The Morgan fingerprint density at radius 2 is 1.76 bits per heavy atom. The summed E-state index contributed by atoms with van der Waals surface area (Å²) in [6.45, 7) is 8.70. The van der Waals surface area contributed by atoms with Gasteiger partial charge in [-0.3, -0.25) is 0 Å². The summed E-state index contributed by atoms with van der Waals surface area (Å²) in [5.41, 5.74) is 0. The highest BCUT2D eigenvalue weighted by Gasteiger charge is 2.10. The summed E-state index contributed by atoms with van der Waals surface area (Å²) in [5, 5.41) is 6.54. The number of aromatic nitrogens is 2. The first-order valence-electron chi connectivity index (χ1n) is 7.67. The minimum atomic E-state index is 0.298. The fourth-order valence-corrected chi connectivity index (χ4v) is 1.82. The Kier molecular flexibility index (Phi) is 8.50. The summed E-state index contributed by atoms with van der Waals surface area (Å²) < 4.78 is 10.9. The van der Waals surface area contributed by atoms with Crippen LogP contribution in [0.5, 0.6) is 5.75 Å². The molecule has 0 radical (unpaired) electrons. The molecule has 2 N–H and O–H groups in total. The average Bonchev–Trinajstić information content (AvgIpc) is 2.48. The van der Waals surface area contributed by atoms with E-state index >= 15 is 0 Å². The Morgan fingerprint density at radius 1 is 1.10 bits per heavy atom. The van der Waals surface area contributed by atoms with E-state index in [0.29, 0.717) is 11.9 Å². The third-order valence-electron chi connectivity index (χ3n) is 2.87. The van der Waals surface area contributed by atoms with Gasteiger partial charge in [0.25, 0.3) is 0 Å². The van der Waals surface area contributed by atoms with Gasteiger partial charge in [0.05, 0.1) is 13.2 Å². The molecule has 6 heteroatoms. The topological polar surface area (TPSA) is 68.3 Å². The minimum absolute atomic E-state index is 0.298. The highest BCUT2D eigenvalue weighted by molar-refractivity contribution is 5.63. The number of anilines is 2. The number of hydrogen-bond acceptors (Lipinski definition) is 6. The Hall–Kier alpha value is -1.56. The molecule has 0 aliphatic carbocycles. The van der Waals surface area contributed by atoms with Crippen molar-refractivity contribution in [3.05, 3.63) is 6.33 Å². The third kappa shape index (κ3) is 6.62. The second-order valence-corrected chi connectivity index (χ2v) is 5.08. The van der Waals surface area contributed by atoms with Crippen molar-refractivity contribution in [1.29, 1.82) is 0 Å². The van der Waals surface area contributed by atoms with Gasteiger partial charge in [-0.15, -0.1) is 0 Å². The zero-order valence-corrected chi connectivity index (χ0v) is 13.6. The molecule has 1 aromatic heterocycles. The SMILES string of the molecule is CCCNc1ncnc(NCCCCOC(C)C)c1OC. The van der Waals surface area contributed by atoms with E-state index in [1.807, 2.05) is 0 Å². The van der Waals surface area contributed by atoms with Crippen molar-refractivity contribution in [2.45, 2.75) is 46.1 Å². The van der Waals surface area contributed by atoms with Crippen molar-refractivity contribution in [3.8, 4) is 5.75 Å². The van der Waals surface area contributed by atoms with E-state index in [1.54, 1.807) is 13.4 Å². The number of nitrogens with zero attached hydrogens (tertiary/aromatic N) is 2. The van der Waals surface area contributed by atoms with Crippen LogP contribution in [0, 0.1) is 0 Å². The zero-order chi connectivity index (χ0) is 15.5. The lowest BCUT2D eigenvalue weighted by atomic mass is 10.3. The summed E-state index contributed by atoms with van der Waals surface area (Å²) >= 11 is 0. The number of ether oxygens (including phenoxy) is 2. The average molecular weight is 296 g/mol. The van der Waals surface area contributed by atoms with Gasteiger partial charge >= 0.3 is 0 Å². The maximum atomic E-state index is 5.51. The Morgan fingerprint density at radius 3 is 2.33 bits per heavy atom. The van der Waals surface area contributed by atoms with Gasteiger partial charge in [-0.2, -0.15) is 0 Å². The van der Waals surface area contributed by atoms with E-state index in [9.17, 15) is 0 Å². The molecule has 0 bridgehead atoms. The van der Waals surface area contributed by atoms with Crippen LogP contribution in [-0.4, -0.2) is 42.9 Å². The van der Waals surface area contributed by atoms with Gasteiger partial charge in [-0.25, -0.2) is 9.97 Å². The van der Waals surface area contributed by atoms with Gasteiger partial charge in [-0.1, -0.05) is 6.92 Å². The fourth-order valence-electron chi connectivity index (χ4n) is 1.82. The third-order valence-corrected chi connectivity index (χ3v) is 2.87. The summed E-state index contributed by atoms with van der Waals surface area (Å²) in [7, 11) is 1.64. The van der Waals surface area contributed by atoms with E-state index in [2.05, 4.69) is 41.4 Å². The first kappa shape index (κ1) is 17.5. The lowest BCUT2D eigenvalue weighted by Gasteiger charge is -2.14. The fraction of sp³-hybridized carbons (Fsp3) is 0.733. The van der Waals surface area contributed by atoms with Gasteiger partial charge in [0.15, 0.2) is 11.6 Å². The molecule has 0 aromatic carbocycles. The summed E-state index contributed by atoms with van der Waals surface area (Å²) in [6, 6.07) is 0. The normalized spacial score (nSPS) is 10.7. The molecule has 0 spiro atoms. The number of hydrogen-bond donors (Lipinski definition) is 2. The highest BCUT2D eigenvalue weighted by Crippen LogP contribution is 2.28. The predicted molar refractivity (Wildman–Crippen MR) is 86.2 cm³/mol. The van der Waals surface area contributed by atoms with Crippen LogP contribution in [0.25, 0.3) is 0 Å². The molecule has 6 nitrogen and oxygen atoms in total. The van der Waals surface area contributed by atoms with Crippen molar-refractivity contribution >= 4 is 11.6 Å². The van der Waals surface area contributed by atoms with Crippen molar-refractivity contribution < 1.29 is 9.47 Å². The Bertz CT molecular complexity index is 399. The lowest BCUT2D eigenvalue weighted by Crippen LogP contribution is -2.10.